The predicted molar refractivity (Wildman–Crippen MR) is 49.4 cm³/mol. The normalized spacial score (nSPS) is 25.9. The quantitative estimate of drug-likeness (QED) is 0.561. The van der Waals surface area contributed by atoms with Crippen molar-refractivity contribution in [1.82, 2.24) is 5.32 Å². The van der Waals surface area contributed by atoms with Crippen molar-refractivity contribution in [3.63, 3.8) is 0 Å². The SMILES string of the molecule is C1CCNC1.NC1C=CC=CO1. The Kier molecular flexibility index (Phi) is 4.49. The van der Waals surface area contributed by atoms with E-state index in [4.69, 9.17) is 10.5 Å². The summed E-state index contributed by atoms with van der Waals surface area (Å²) in [7, 11) is 0. The van der Waals surface area contributed by atoms with Crippen LogP contribution in [0.25, 0.3) is 0 Å². The second-order valence-electron chi connectivity index (χ2n) is 2.77. The highest BCUT2D eigenvalue weighted by molar-refractivity contribution is 5.05. The molecule has 1 fully saturated rings. The van der Waals surface area contributed by atoms with Gasteiger partial charge in [-0.15, -0.1) is 0 Å². The number of nitrogens with one attached hydrogen (secondary N) is 1. The van der Waals surface area contributed by atoms with E-state index in [0.29, 0.717) is 0 Å². The molecule has 0 spiro atoms. The first-order chi connectivity index (χ1) is 5.89. The Hall–Kier alpha value is -0.800. The van der Waals surface area contributed by atoms with Crippen LogP contribution in [0.15, 0.2) is 24.5 Å². The molecule has 12 heavy (non-hydrogen) atoms. The lowest BCUT2D eigenvalue weighted by molar-refractivity contribution is 0.190. The van der Waals surface area contributed by atoms with Crippen LogP contribution in [0.1, 0.15) is 12.8 Å². The fourth-order valence-corrected chi connectivity index (χ4v) is 1.03. The number of allylic oxidation sites excluding steroid dienone is 2. The monoisotopic (exact) mass is 168 g/mol. The van der Waals surface area contributed by atoms with Gasteiger partial charge < -0.3 is 10.1 Å². The standard InChI is InChI=1S/C5H7NO.C4H9N/c6-5-3-1-2-4-7-5;1-2-4-5-3-1/h1-5H,6H2;5H,1-4H2. The van der Waals surface area contributed by atoms with Gasteiger partial charge in [-0.2, -0.15) is 0 Å². The van der Waals surface area contributed by atoms with Crippen LogP contribution >= 0.6 is 0 Å². The van der Waals surface area contributed by atoms with E-state index >= 15 is 0 Å². The van der Waals surface area contributed by atoms with Gasteiger partial charge in [-0.05, 0) is 38.1 Å². The molecule has 1 atom stereocenters. The summed E-state index contributed by atoms with van der Waals surface area (Å²) < 4.78 is 4.79. The Morgan fingerprint density at radius 2 is 2.00 bits per heavy atom. The first-order valence-corrected chi connectivity index (χ1v) is 4.35. The first-order valence-electron chi connectivity index (χ1n) is 4.35. The second kappa shape index (κ2) is 5.80. The van der Waals surface area contributed by atoms with Gasteiger partial charge in [0.05, 0.1) is 6.26 Å². The summed E-state index contributed by atoms with van der Waals surface area (Å²) in [6.07, 6.45) is 9.55. The summed E-state index contributed by atoms with van der Waals surface area (Å²) in [5.41, 5.74) is 5.27. The maximum atomic E-state index is 5.27. The number of nitrogens with two attached hydrogens (primary N) is 1. The van der Waals surface area contributed by atoms with Crippen molar-refractivity contribution < 1.29 is 4.74 Å². The molecule has 0 radical (unpaired) electrons. The summed E-state index contributed by atoms with van der Waals surface area (Å²) in [5.74, 6) is 0. The smallest absolute Gasteiger partial charge is 0.166 e. The lowest BCUT2D eigenvalue weighted by Gasteiger charge is -2.06. The molecule has 68 valence electrons. The molecule has 2 heterocycles. The zero-order chi connectivity index (χ0) is 8.65. The topological polar surface area (TPSA) is 47.3 Å². The third-order valence-corrected chi connectivity index (χ3v) is 1.68. The van der Waals surface area contributed by atoms with Crippen molar-refractivity contribution in [3.8, 4) is 0 Å². The average Bonchev–Trinajstić information content (AvgIpc) is 2.62. The van der Waals surface area contributed by atoms with E-state index in [2.05, 4.69) is 5.32 Å². The van der Waals surface area contributed by atoms with Gasteiger partial charge in [-0.1, -0.05) is 6.08 Å². The van der Waals surface area contributed by atoms with Gasteiger partial charge in [0.15, 0.2) is 6.23 Å². The highest BCUT2D eigenvalue weighted by atomic mass is 16.5. The predicted octanol–water partition coefficient (Wildman–Crippen LogP) is 0.741. The number of hydrogen-bond donors (Lipinski definition) is 2. The Morgan fingerprint density at radius 1 is 1.25 bits per heavy atom. The zero-order valence-electron chi connectivity index (χ0n) is 7.20. The molecule has 0 aromatic rings. The Balaban J connectivity index is 0.000000127. The van der Waals surface area contributed by atoms with Crippen LogP contribution in [0.4, 0.5) is 0 Å². The minimum atomic E-state index is -0.231. The molecule has 3 N–H and O–H groups in total. The van der Waals surface area contributed by atoms with E-state index in [1.807, 2.05) is 6.08 Å². The molecule has 2 aliphatic rings. The van der Waals surface area contributed by atoms with Crippen LogP contribution in [-0.2, 0) is 4.74 Å². The van der Waals surface area contributed by atoms with Crippen LogP contribution in [0.2, 0.25) is 0 Å². The summed E-state index contributed by atoms with van der Waals surface area (Å²) >= 11 is 0. The maximum Gasteiger partial charge on any atom is 0.166 e. The molecule has 2 aliphatic heterocycles. The molecular formula is C9H16N2O. The Bertz CT molecular complexity index is 154. The van der Waals surface area contributed by atoms with Gasteiger partial charge in [0.25, 0.3) is 0 Å². The van der Waals surface area contributed by atoms with E-state index in [9.17, 15) is 0 Å². The molecule has 0 aromatic carbocycles. The third-order valence-electron chi connectivity index (χ3n) is 1.68. The minimum Gasteiger partial charge on any atom is -0.480 e. The molecule has 0 saturated carbocycles. The minimum absolute atomic E-state index is 0.231. The van der Waals surface area contributed by atoms with Crippen molar-refractivity contribution in [2.24, 2.45) is 5.73 Å². The van der Waals surface area contributed by atoms with E-state index < -0.39 is 0 Å². The summed E-state index contributed by atoms with van der Waals surface area (Å²) in [5, 5.41) is 3.22. The van der Waals surface area contributed by atoms with Crippen LogP contribution in [0.3, 0.4) is 0 Å². The van der Waals surface area contributed by atoms with Crippen molar-refractivity contribution in [1.29, 1.82) is 0 Å². The lowest BCUT2D eigenvalue weighted by Crippen LogP contribution is -2.19. The molecule has 1 unspecified atom stereocenters. The zero-order valence-corrected chi connectivity index (χ0v) is 7.20. The van der Waals surface area contributed by atoms with E-state index in [0.717, 1.165) is 0 Å². The van der Waals surface area contributed by atoms with E-state index in [1.165, 1.54) is 25.9 Å². The van der Waals surface area contributed by atoms with Crippen LogP contribution in [0, 0.1) is 0 Å². The van der Waals surface area contributed by atoms with Gasteiger partial charge in [0, 0.05) is 0 Å². The summed E-state index contributed by atoms with van der Waals surface area (Å²) in [6, 6.07) is 0. The maximum absolute atomic E-state index is 5.27. The van der Waals surface area contributed by atoms with Gasteiger partial charge >= 0.3 is 0 Å². The average molecular weight is 168 g/mol. The molecule has 0 aliphatic carbocycles. The van der Waals surface area contributed by atoms with Crippen LogP contribution in [-0.4, -0.2) is 19.3 Å². The molecule has 3 nitrogen and oxygen atoms in total. The highest BCUT2D eigenvalue weighted by Gasteiger charge is 1.93. The summed E-state index contributed by atoms with van der Waals surface area (Å²) in [6.45, 7) is 2.50. The van der Waals surface area contributed by atoms with Gasteiger partial charge in [-0.3, -0.25) is 5.73 Å². The van der Waals surface area contributed by atoms with Crippen molar-refractivity contribution >= 4 is 0 Å². The third kappa shape index (κ3) is 4.16. The first kappa shape index (κ1) is 9.29. The Morgan fingerprint density at radius 3 is 2.25 bits per heavy atom. The number of hydrogen-bond acceptors (Lipinski definition) is 3. The second-order valence-corrected chi connectivity index (χ2v) is 2.77. The fraction of sp³-hybridized carbons (Fsp3) is 0.556. The van der Waals surface area contributed by atoms with Crippen molar-refractivity contribution in [2.75, 3.05) is 13.1 Å². The molecule has 0 bridgehead atoms. The van der Waals surface area contributed by atoms with E-state index in [1.54, 1.807) is 18.4 Å². The largest absolute Gasteiger partial charge is 0.480 e. The number of ether oxygens (including phenoxy) is 1. The van der Waals surface area contributed by atoms with E-state index in [-0.39, 0.29) is 6.23 Å². The van der Waals surface area contributed by atoms with Gasteiger partial charge in [0.1, 0.15) is 0 Å². The summed E-state index contributed by atoms with van der Waals surface area (Å²) in [4.78, 5) is 0. The van der Waals surface area contributed by atoms with Crippen molar-refractivity contribution in [2.45, 2.75) is 19.1 Å². The molecule has 2 rings (SSSR count). The molecular weight excluding hydrogens is 152 g/mol. The van der Waals surface area contributed by atoms with Crippen LogP contribution < -0.4 is 11.1 Å². The molecule has 1 saturated heterocycles. The van der Waals surface area contributed by atoms with Crippen molar-refractivity contribution in [3.05, 3.63) is 24.5 Å². The highest BCUT2D eigenvalue weighted by Crippen LogP contribution is 1.93. The fourth-order valence-electron chi connectivity index (χ4n) is 1.03. The van der Waals surface area contributed by atoms with Crippen LogP contribution in [0.5, 0.6) is 0 Å². The lowest BCUT2D eigenvalue weighted by atomic mass is 10.4. The molecule has 3 heteroatoms. The van der Waals surface area contributed by atoms with Gasteiger partial charge in [-0.25, -0.2) is 0 Å². The molecule has 0 aromatic heterocycles. The Labute approximate surface area is 73.3 Å². The molecule has 0 amide bonds. The van der Waals surface area contributed by atoms with Gasteiger partial charge in [0.2, 0.25) is 0 Å². The number of rotatable bonds is 0.